The molecule has 11 heteroatoms. The highest BCUT2D eigenvalue weighted by Crippen LogP contribution is 2.36. The molecule has 0 spiro atoms. The monoisotopic (exact) mass is 514 g/mol. The SMILES string of the molecule is CCOC(=O)c1c(-c2ccc(OC)cc2)csc1NC(=O)CNCc1ccccc1.O=C(O)C(=O)O. The fraction of sp³-hybridized carbons (Fsp3) is 0.200. The van der Waals surface area contributed by atoms with E-state index in [0.29, 0.717) is 22.7 Å². The lowest BCUT2D eigenvalue weighted by atomic mass is 10.0. The van der Waals surface area contributed by atoms with Crippen LogP contribution < -0.4 is 15.4 Å². The van der Waals surface area contributed by atoms with Gasteiger partial charge in [-0.05, 0) is 30.2 Å². The quantitative estimate of drug-likeness (QED) is 0.248. The summed E-state index contributed by atoms with van der Waals surface area (Å²) in [7, 11) is 1.60. The Bertz CT molecular complexity index is 1160. The van der Waals surface area contributed by atoms with Crippen molar-refractivity contribution in [3.05, 3.63) is 71.1 Å². The van der Waals surface area contributed by atoms with Gasteiger partial charge >= 0.3 is 17.9 Å². The van der Waals surface area contributed by atoms with Gasteiger partial charge in [-0.2, -0.15) is 0 Å². The minimum atomic E-state index is -1.82. The van der Waals surface area contributed by atoms with Crippen LogP contribution in [0, 0.1) is 0 Å². The molecule has 0 unspecified atom stereocenters. The van der Waals surface area contributed by atoms with Crippen LogP contribution in [0.1, 0.15) is 22.8 Å². The van der Waals surface area contributed by atoms with Crippen LogP contribution in [0.25, 0.3) is 11.1 Å². The fourth-order valence-corrected chi connectivity index (χ4v) is 3.90. The second-order valence-electron chi connectivity index (χ2n) is 7.05. The molecule has 3 aromatic rings. The molecule has 0 bridgehead atoms. The highest BCUT2D eigenvalue weighted by molar-refractivity contribution is 7.15. The summed E-state index contributed by atoms with van der Waals surface area (Å²) in [6.07, 6.45) is 0. The Balaban J connectivity index is 0.000000678. The number of anilines is 1. The van der Waals surface area contributed by atoms with E-state index in [0.717, 1.165) is 16.9 Å². The summed E-state index contributed by atoms with van der Waals surface area (Å²) in [5.41, 5.74) is 3.02. The lowest BCUT2D eigenvalue weighted by molar-refractivity contribution is -0.159. The van der Waals surface area contributed by atoms with Crippen molar-refractivity contribution in [1.82, 2.24) is 5.32 Å². The zero-order valence-corrected chi connectivity index (χ0v) is 20.5. The van der Waals surface area contributed by atoms with Gasteiger partial charge in [0, 0.05) is 17.5 Å². The number of carbonyl (C=O) groups is 4. The van der Waals surface area contributed by atoms with Crippen LogP contribution in [0.2, 0.25) is 0 Å². The molecule has 0 saturated carbocycles. The molecule has 0 aliphatic carbocycles. The number of carboxylic acids is 2. The lowest BCUT2D eigenvalue weighted by Crippen LogP contribution is -2.28. The van der Waals surface area contributed by atoms with E-state index in [1.807, 2.05) is 60.0 Å². The molecule has 3 rings (SSSR count). The van der Waals surface area contributed by atoms with E-state index < -0.39 is 17.9 Å². The molecule has 0 fully saturated rings. The fourth-order valence-electron chi connectivity index (χ4n) is 2.93. The van der Waals surface area contributed by atoms with E-state index >= 15 is 0 Å². The molecule has 1 heterocycles. The first-order valence-corrected chi connectivity index (χ1v) is 11.6. The van der Waals surface area contributed by atoms with E-state index in [9.17, 15) is 9.59 Å². The normalized spacial score (nSPS) is 9.94. The highest BCUT2D eigenvalue weighted by atomic mass is 32.1. The summed E-state index contributed by atoms with van der Waals surface area (Å²) in [6, 6.07) is 17.2. The lowest BCUT2D eigenvalue weighted by Gasteiger charge is -2.10. The molecule has 0 aliphatic heterocycles. The molecule has 4 N–H and O–H groups in total. The average Bonchev–Trinajstić information content (AvgIpc) is 3.28. The Morgan fingerprint density at radius 2 is 1.58 bits per heavy atom. The number of benzene rings is 2. The standard InChI is InChI=1S/C23H24N2O4S.C2H2O4/c1-3-29-23(27)21-19(17-9-11-18(28-2)12-10-17)15-30-22(21)25-20(26)14-24-13-16-7-5-4-6-8-16;3-1(4)2(5)6/h4-12,15,24H,3,13-14H2,1-2H3,(H,25,26);(H,3,4)(H,5,6). The first kappa shape index (κ1) is 28.0. The van der Waals surface area contributed by atoms with Crippen molar-refractivity contribution in [1.29, 1.82) is 0 Å². The Kier molecular flexibility index (Phi) is 11.1. The molecule has 0 radical (unpaired) electrons. The number of carbonyl (C=O) groups excluding carboxylic acids is 2. The number of hydrogen-bond donors (Lipinski definition) is 4. The second kappa shape index (κ2) is 14.2. The minimum absolute atomic E-state index is 0.132. The van der Waals surface area contributed by atoms with Crippen LogP contribution in [0.5, 0.6) is 5.75 Å². The summed E-state index contributed by atoms with van der Waals surface area (Å²) in [5.74, 6) is -3.61. The zero-order chi connectivity index (χ0) is 26.5. The molecular formula is C25H26N2O8S. The number of rotatable bonds is 9. The van der Waals surface area contributed by atoms with Crippen LogP contribution >= 0.6 is 11.3 Å². The maximum Gasteiger partial charge on any atom is 0.414 e. The predicted octanol–water partition coefficient (Wildman–Crippen LogP) is 3.48. The maximum atomic E-state index is 12.6. The van der Waals surface area contributed by atoms with Crippen molar-refractivity contribution in [2.75, 3.05) is 25.6 Å². The van der Waals surface area contributed by atoms with Gasteiger partial charge in [0.2, 0.25) is 5.91 Å². The first-order valence-electron chi connectivity index (χ1n) is 10.7. The van der Waals surface area contributed by atoms with E-state index in [4.69, 9.17) is 29.3 Å². The third-order valence-corrected chi connectivity index (χ3v) is 5.46. The summed E-state index contributed by atoms with van der Waals surface area (Å²) in [5, 5.41) is 23.1. The van der Waals surface area contributed by atoms with Gasteiger partial charge in [-0.15, -0.1) is 11.3 Å². The van der Waals surface area contributed by atoms with Crippen LogP contribution in [0.15, 0.2) is 60.0 Å². The highest BCUT2D eigenvalue weighted by Gasteiger charge is 2.22. The minimum Gasteiger partial charge on any atom is -0.497 e. The van der Waals surface area contributed by atoms with Crippen molar-refractivity contribution in [3.8, 4) is 16.9 Å². The van der Waals surface area contributed by atoms with Gasteiger partial charge in [-0.25, -0.2) is 14.4 Å². The molecule has 1 aromatic heterocycles. The summed E-state index contributed by atoms with van der Waals surface area (Å²) in [4.78, 5) is 43.2. The topological polar surface area (TPSA) is 151 Å². The molecular weight excluding hydrogens is 488 g/mol. The second-order valence-corrected chi connectivity index (χ2v) is 7.93. The molecule has 2 aromatic carbocycles. The maximum absolute atomic E-state index is 12.6. The van der Waals surface area contributed by atoms with Gasteiger partial charge in [-0.1, -0.05) is 42.5 Å². The number of hydrogen-bond acceptors (Lipinski definition) is 8. The number of thiophene rings is 1. The Labute approximate surface area is 211 Å². The van der Waals surface area contributed by atoms with Gasteiger partial charge in [0.15, 0.2) is 0 Å². The number of nitrogens with one attached hydrogen (secondary N) is 2. The van der Waals surface area contributed by atoms with Gasteiger partial charge in [0.25, 0.3) is 0 Å². The van der Waals surface area contributed by atoms with E-state index in [-0.39, 0.29) is 19.1 Å². The molecule has 10 nitrogen and oxygen atoms in total. The number of amides is 1. The summed E-state index contributed by atoms with van der Waals surface area (Å²) < 4.78 is 10.4. The first-order chi connectivity index (χ1) is 17.3. The molecule has 0 saturated heterocycles. The van der Waals surface area contributed by atoms with Crippen molar-refractivity contribution in [2.45, 2.75) is 13.5 Å². The van der Waals surface area contributed by atoms with Gasteiger partial charge in [0.05, 0.1) is 20.3 Å². The average molecular weight is 515 g/mol. The number of aliphatic carboxylic acids is 2. The van der Waals surface area contributed by atoms with Crippen LogP contribution in [0.4, 0.5) is 5.00 Å². The third kappa shape index (κ3) is 8.53. The molecule has 36 heavy (non-hydrogen) atoms. The Morgan fingerprint density at radius 1 is 0.944 bits per heavy atom. The molecule has 190 valence electrons. The number of carboxylic acid groups (broad SMARTS) is 2. The van der Waals surface area contributed by atoms with E-state index in [2.05, 4.69) is 10.6 Å². The molecule has 0 aliphatic rings. The van der Waals surface area contributed by atoms with Crippen LogP contribution in [-0.2, 0) is 25.7 Å². The molecule has 0 atom stereocenters. The largest absolute Gasteiger partial charge is 0.497 e. The Hall–Kier alpha value is -4.22. The van der Waals surface area contributed by atoms with Crippen LogP contribution in [0.3, 0.4) is 0 Å². The van der Waals surface area contributed by atoms with Crippen LogP contribution in [-0.4, -0.2) is 54.3 Å². The van der Waals surface area contributed by atoms with E-state index in [1.54, 1.807) is 14.0 Å². The van der Waals surface area contributed by atoms with Crippen molar-refractivity contribution in [3.63, 3.8) is 0 Å². The smallest absolute Gasteiger partial charge is 0.414 e. The third-order valence-electron chi connectivity index (χ3n) is 4.57. The number of esters is 1. The molecule has 1 amide bonds. The summed E-state index contributed by atoms with van der Waals surface area (Å²) in [6.45, 7) is 2.72. The summed E-state index contributed by atoms with van der Waals surface area (Å²) >= 11 is 1.30. The number of methoxy groups -OCH3 is 1. The predicted molar refractivity (Wildman–Crippen MR) is 134 cm³/mol. The Morgan fingerprint density at radius 3 is 2.14 bits per heavy atom. The number of ether oxygens (including phenoxy) is 2. The van der Waals surface area contributed by atoms with Crippen molar-refractivity contribution < 1.29 is 38.9 Å². The van der Waals surface area contributed by atoms with Gasteiger partial charge in [0.1, 0.15) is 16.3 Å². The van der Waals surface area contributed by atoms with Crippen molar-refractivity contribution >= 4 is 40.2 Å². The van der Waals surface area contributed by atoms with E-state index in [1.165, 1.54) is 11.3 Å². The van der Waals surface area contributed by atoms with Crippen molar-refractivity contribution in [2.24, 2.45) is 0 Å². The zero-order valence-electron chi connectivity index (χ0n) is 19.6. The van der Waals surface area contributed by atoms with Gasteiger partial charge < -0.3 is 30.3 Å². The van der Waals surface area contributed by atoms with Gasteiger partial charge in [-0.3, -0.25) is 4.79 Å².